The highest BCUT2D eigenvalue weighted by Crippen LogP contribution is 2.40. The SMILES string of the molecule is Nc1cc(Cl)ccc1Oc1cc(Br)ccc1C(F)(F)F. The van der Waals surface area contributed by atoms with E-state index in [1.165, 1.54) is 30.3 Å². The van der Waals surface area contributed by atoms with Gasteiger partial charge in [0.05, 0.1) is 11.3 Å². The van der Waals surface area contributed by atoms with Gasteiger partial charge in [0.1, 0.15) is 11.5 Å². The standard InChI is InChI=1S/C13H8BrClF3NO/c14-7-1-3-9(13(16,17)18)12(5-7)20-11-4-2-8(15)6-10(11)19/h1-6H,19H2. The first kappa shape index (κ1) is 15.0. The van der Waals surface area contributed by atoms with Crippen LogP contribution in [0.25, 0.3) is 0 Å². The van der Waals surface area contributed by atoms with Gasteiger partial charge in [-0.3, -0.25) is 0 Å². The summed E-state index contributed by atoms with van der Waals surface area (Å²) >= 11 is 8.83. The van der Waals surface area contributed by atoms with E-state index < -0.39 is 11.7 Å². The van der Waals surface area contributed by atoms with E-state index >= 15 is 0 Å². The Balaban J connectivity index is 2.45. The van der Waals surface area contributed by atoms with Gasteiger partial charge >= 0.3 is 6.18 Å². The van der Waals surface area contributed by atoms with Gasteiger partial charge in [-0.2, -0.15) is 13.2 Å². The molecule has 20 heavy (non-hydrogen) atoms. The maximum atomic E-state index is 12.9. The second kappa shape index (κ2) is 5.54. The third-order valence-electron chi connectivity index (χ3n) is 2.44. The smallest absolute Gasteiger partial charge is 0.419 e. The summed E-state index contributed by atoms with van der Waals surface area (Å²) in [5.41, 5.74) is 4.94. The van der Waals surface area contributed by atoms with E-state index in [-0.39, 0.29) is 17.2 Å². The van der Waals surface area contributed by atoms with Crippen LogP contribution in [0.4, 0.5) is 18.9 Å². The van der Waals surface area contributed by atoms with E-state index in [2.05, 4.69) is 15.9 Å². The van der Waals surface area contributed by atoms with Crippen LogP contribution in [-0.4, -0.2) is 0 Å². The molecule has 0 amide bonds. The third-order valence-corrected chi connectivity index (χ3v) is 3.17. The van der Waals surface area contributed by atoms with Gasteiger partial charge in [0.2, 0.25) is 0 Å². The Morgan fingerprint density at radius 2 is 1.75 bits per heavy atom. The number of ether oxygens (including phenoxy) is 1. The summed E-state index contributed by atoms with van der Waals surface area (Å²) in [5.74, 6) is -0.223. The Kier molecular flexibility index (Phi) is 4.15. The quantitative estimate of drug-likeness (QED) is 0.713. The third kappa shape index (κ3) is 3.37. The molecule has 0 heterocycles. The van der Waals surface area contributed by atoms with E-state index in [4.69, 9.17) is 22.1 Å². The zero-order valence-corrected chi connectivity index (χ0v) is 12.2. The molecule has 106 valence electrons. The predicted octanol–water partition coefficient (Wildman–Crippen LogP) is 5.50. The summed E-state index contributed by atoms with van der Waals surface area (Å²) < 4.78 is 44.4. The van der Waals surface area contributed by atoms with Crippen molar-refractivity contribution in [3.05, 3.63) is 51.5 Å². The zero-order valence-electron chi connectivity index (χ0n) is 9.84. The summed E-state index contributed by atoms with van der Waals surface area (Å²) in [4.78, 5) is 0. The summed E-state index contributed by atoms with van der Waals surface area (Å²) in [7, 11) is 0. The van der Waals surface area contributed by atoms with Crippen molar-refractivity contribution in [2.75, 3.05) is 5.73 Å². The number of anilines is 1. The molecule has 0 radical (unpaired) electrons. The molecule has 0 spiro atoms. The number of nitrogen functional groups attached to an aromatic ring is 1. The maximum absolute atomic E-state index is 12.9. The first-order valence-corrected chi connectivity index (χ1v) is 6.54. The second-order valence-electron chi connectivity index (χ2n) is 3.92. The molecule has 0 unspecified atom stereocenters. The zero-order chi connectivity index (χ0) is 14.9. The highest BCUT2D eigenvalue weighted by Gasteiger charge is 2.34. The highest BCUT2D eigenvalue weighted by molar-refractivity contribution is 9.10. The number of hydrogen-bond donors (Lipinski definition) is 1. The molecule has 0 aromatic heterocycles. The van der Waals surface area contributed by atoms with Crippen LogP contribution in [0, 0.1) is 0 Å². The van der Waals surface area contributed by atoms with Crippen molar-refractivity contribution >= 4 is 33.2 Å². The average molecular weight is 367 g/mol. The first-order valence-electron chi connectivity index (χ1n) is 5.37. The van der Waals surface area contributed by atoms with Gasteiger partial charge in [-0.1, -0.05) is 27.5 Å². The molecular weight excluding hydrogens is 358 g/mol. The number of hydrogen-bond acceptors (Lipinski definition) is 2. The van der Waals surface area contributed by atoms with E-state index in [1.807, 2.05) is 0 Å². The molecular formula is C13H8BrClF3NO. The molecule has 2 aromatic carbocycles. The topological polar surface area (TPSA) is 35.2 Å². The molecule has 0 saturated heterocycles. The molecule has 0 aliphatic carbocycles. The Morgan fingerprint density at radius 3 is 2.35 bits per heavy atom. The monoisotopic (exact) mass is 365 g/mol. The van der Waals surface area contributed by atoms with Gasteiger partial charge in [0, 0.05) is 9.50 Å². The Morgan fingerprint density at radius 1 is 1.05 bits per heavy atom. The van der Waals surface area contributed by atoms with Crippen molar-refractivity contribution in [2.45, 2.75) is 6.18 Å². The number of nitrogens with two attached hydrogens (primary N) is 1. The fraction of sp³-hybridized carbons (Fsp3) is 0.0769. The van der Waals surface area contributed by atoms with Crippen LogP contribution in [0.5, 0.6) is 11.5 Å². The van der Waals surface area contributed by atoms with Crippen LogP contribution in [0.3, 0.4) is 0 Å². The van der Waals surface area contributed by atoms with Crippen LogP contribution >= 0.6 is 27.5 Å². The van der Waals surface area contributed by atoms with Crippen molar-refractivity contribution in [3.63, 3.8) is 0 Å². The summed E-state index contributed by atoms with van der Waals surface area (Å²) in [6.45, 7) is 0. The Bertz CT molecular complexity index is 646. The minimum atomic E-state index is -4.52. The molecule has 0 aliphatic heterocycles. The summed E-state index contributed by atoms with van der Waals surface area (Å²) in [5, 5.41) is 0.375. The predicted molar refractivity (Wildman–Crippen MR) is 75.1 cm³/mol. The normalized spacial score (nSPS) is 11.4. The van der Waals surface area contributed by atoms with Crippen LogP contribution < -0.4 is 10.5 Å². The van der Waals surface area contributed by atoms with Gasteiger partial charge in [-0.25, -0.2) is 0 Å². The number of benzene rings is 2. The van der Waals surface area contributed by atoms with E-state index in [9.17, 15) is 13.2 Å². The van der Waals surface area contributed by atoms with Gasteiger partial charge in [-0.15, -0.1) is 0 Å². The molecule has 2 nitrogen and oxygen atoms in total. The second-order valence-corrected chi connectivity index (χ2v) is 5.27. The van der Waals surface area contributed by atoms with Crippen molar-refractivity contribution in [1.82, 2.24) is 0 Å². The van der Waals surface area contributed by atoms with E-state index in [1.54, 1.807) is 0 Å². The summed E-state index contributed by atoms with van der Waals surface area (Å²) in [6.07, 6.45) is -4.52. The first-order chi connectivity index (χ1) is 9.27. The molecule has 2 aromatic rings. The number of alkyl halides is 3. The largest absolute Gasteiger partial charge is 0.455 e. The van der Waals surface area contributed by atoms with Crippen molar-refractivity contribution in [1.29, 1.82) is 0 Å². The fourth-order valence-electron chi connectivity index (χ4n) is 1.55. The van der Waals surface area contributed by atoms with Crippen molar-refractivity contribution in [3.8, 4) is 11.5 Å². The van der Waals surface area contributed by atoms with Crippen LogP contribution in [-0.2, 0) is 6.18 Å². The molecule has 0 fully saturated rings. The van der Waals surface area contributed by atoms with Gasteiger partial charge in [-0.05, 0) is 36.4 Å². The molecule has 7 heteroatoms. The number of rotatable bonds is 2. The van der Waals surface area contributed by atoms with Crippen LogP contribution in [0.2, 0.25) is 5.02 Å². The highest BCUT2D eigenvalue weighted by atomic mass is 79.9. The molecule has 2 rings (SSSR count). The minimum absolute atomic E-state index is 0.109. The van der Waals surface area contributed by atoms with Crippen molar-refractivity contribution in [2.24, 2.45) is 0 Å². The van der Waals surface area contributed by atoms with E-state index in [0.717, 1.165) is 6.07 Å². The van der Waals surface area contributed by atoms with Crippen LogP contribution in [0.15, 0.2) is 40.9 Å². The minimum Gasteiger partial charge on any atom is -0.455 e. The Hall–Kier alpha value is -1.40. The molecule has 0 bridgehead atoms. The van der Waals surface area contributed by atoms with Gasteiger partial charge < -0.3 is 10.5 Å². The fourth-order valence-corrected chi connectivity index (χ4v) is 2.07. The maximum Gasteiger partial charge on any atom is 0.419 e. The molecule has 2 N–H and O–H groups in total. The average Bonchev–Trinajstić information content (AvgIpc) is 2.31. The Labute approximate surface area is 126 Å². The lowest BCUT2D eigenvalue weighted by Gasteiger charge is -2.15. The number of halogens is 5. The summed E-state index contributed by atoms with van der Waals surface area (Å²) in [6, 6.07) is 7.77. The molecule has 0 saturated carbocycles. The lowest BCUT2D eigenvalue weighted by molar-refractivity contribution is -0.138. The molecule has 0 aliphatic rings. The lowest BCUT2D eigenvalue weighted by Crippen LogP contribution is -2.07. The van der Waals surface area contributed by atoms with Gasteiger partial charge in [0.25, 0.3) is 0 Å². The van der Waals surface area contributed by atoms with Gasteiger partial charge in [0.15, 0.2) is 0 Å². The van der Waals surface area contributed by atoms with Crippen molar-refractivity contribution < 1.29 is 17.9 Å². The van der Waals surface area contributed by atoms with E-state index in [0.29, 0.717) is 9.50 Å². The molecule has 0 atom stereocenters. The van der Waals surface area contributed by atoms with Crippen LogP contribution in [0.1, 0.15) is 5.56 Å². The lowest BCUT2D eigenvalue weighted by atomic mass is 10.2.